The zero-order valence-corrected chi connectivity index (χ0v) is 11.1. The van der Waals surface area contributed by atoms with Crippen LogP contribution >= 0.6 is 0 Å². The van der Waals surface area contributed by atoms with Crippen molar-refractivity contribution in [2.75, 3.05) is 18.1 Å². The van der Waals surface area contributed by atoms with Gasteiger partial charge >= 0.3 is 0 Å². The van der Waals surface area contributed by atoms with E-state index in [-0.39, 0.29) is 18.5 Å². The van der Waals surface area contributed by atoms with Crippen LogP contribution in [0.5, 0.6) is 0 Å². The van der Waals surface area contributed by atoms with Crippen LogP contribution in [-0.4, -0.2) is 40.3 Å². The third kappa shape index (κ3) is 2.63. The highest BCUT2D eigenvalue weighted by Gasteiger charge is 2.26. The van der Waals surface area contributed by atoms with E-state index in [1.807, 2.05) is 13.0 Å². The number of aliphatic hydroxyl groups is 1. The third-order valence-electron chi connectivity index (χ3n) is 3.61. The van der Waals surface area contributed by atoms with E-state index in [2.05, 4.69) is 15.0 Å². The number of piperidine rings is 1. The number of nitrogens with zero attached hydrogens (tertiary/aromatic N) is 3. The molecular formula is C13H20N4O2. The van der Waals surface area contributed by atoms with Gasteiger partial charge in [-0.3, -0.25) is 0 Å². The summed E-state index contributed by atoms with van der Waals surface area (Å²) in [5, 5.41) is 21.5. The number of rotatable bonds is 3. The Morgan fingerprint density at radius 3 is 3.05 bits per heavy atom. The minimum absolute atomic E-state index is 0.0493. The number of hydrogen-bond acceptors (Lipinski definition) is 5. The number of anilines is 1. The Labute approximate surface area is 112 Å². The van der Waals surface area contributed by atoms with Gasteiger partial charge in [-0.2, -0.15) is 0 Å². The number of pyridine rings is 1. The lowest BCUT2D eigenvalue weighted by atomic mass is 10.0. The van der Waals surface area contributed by atoms with Crippen LogP contribution in [0, 0.1) is 6.92 Å². The van der Waals surface area contributed by atoms with Crippen molar-refractivity contribution in [1.82, 2.24) is 4.98 Å². The van der Waals surface area contributed by atoms with Gasteiger partial charge in [-0.15, -0.1) is 0 Å². The van der Waals surface area contributed by atoms with Crippen molar-refractivity contribution in [2.24, 2.45) is 10.9 Å². The Kier molecular flexibility index (Phi) is 4.21. The molecule has 1 aliphatic rings. The first-order chi connectivity index (χ1) is 9.19. The number of hydrogen-bond donors (Lipinski definition) is 3. The van der Waals surface area contributed by atoms with Crippen LogP contribution in [0.4, 0.5) is 5.82 Å². The molecule has 0 aliphatic carbocycles. The van der Waals surface area contributed by atoms with Crippen molar-refractivity contribution < 1.29 is 10.3 Å². The summed E-state index contributed by atoms with van der Waals surface area (Å²) in [6.07, 6.45) is 4.80. The highest BCUT2D eigenvalue weighted by Crippen LogP contribution is 2.27. The van der Waals surface area contributed by atoms with Crippen LogP contribution in [0.1, 0.15) is 30.4 Å². The second-order valence-corrected chi connectivity index (χ2v) is 4.84. The topological polar surface area (TPSA) is 95.0 Å². The number of aryl methyl sites for hydroxylation is 1. The maximum absolute atomic E-state index is 9.50. The van der Waals surface area contributed by atoms with Gasteiger partial charge in [0.05, 0.1) is 18.2 Å². The largest absolute Gasteiger partial charge is 0.409 e. The Balaban J connectivity index is 2.46. The lowest BCUT2D eigenvalue weighted by molar-refractivity contribution is 0.239. The fraction of sp³-hybridized carbons (Fsp3) is 0.538. The molecule has 1 aliphatic heterocycles. The van der Waals surface area contributed by atoms with E-state index >= 15 is 0 Å². The van der Waals surface area contributed by atoms with Crippen LogP contribution in [0.3, 0.4) is 0 Å². The van der Waals surface area contributed by atoms with Crippen molar-refractivity contribution in [2.45, 2.75) is 32.2 Å². The molecule has 4 N–H and O–H groups in total. The second-order valence-electron chi connectivity index (χ2n) is 4.84. The molecule has 2 heterocycles. The molecule has 19 heavy (non-hydrogen) atoms. The van der Waals surface area contributed by atoms with Gasteiger partial charge in [-0.05, 0) is 37.8 Å². The predicted octanol–water partition coefficient (Wildman–Crippen LogP) is 0.836. The Hall–Kier alpha value is -1.82. The van der Waals surface area contributed by atoms with Crippen molar-refractivity contribution in [3.05, 3.63) is 23.4 Å². The molecule has 0 amide bonds. The lowest BCUT2D eigenvalue weighted by Crippen LogP contribution is -2.43. The summed E-state index contributed by atoms with van der Waals surface area (Å²) in [7, 11) is 0. The zero-order valence-electron chi connectivity index (χ0n) is 11.1. The number of aliphatic hydroxyl groups excluding tert-OH is 1. The number of oxime groups is 1. The van der Waals surface area contributed by atoms with Crippen LogP contribution in [-0.2, 0) is 0 Å². The minimum atomic E-state index is 0.0493. The van der Waals surface area contributed by atoms with E-state index in [0.29, 0.717) is 11.4 Å². The maximum Gasteiger partial charge on any atom is 0.174 e. The zero-order chi connectivity index (χ0) is 13.8. The molecule has 1 atom stereocenters. The molecule has 0 radical (unpaired) electrons. The van der Waals surface area contributed by atoms with Crippen LogP contribution < -0.4 is 10.6 Å². The molecule has 0 saturated carbocycles. The monoisotopic (exact) mass is 264 g/mol. The Morgan fingerprint density at radius 2 is 2.37 bits per heavy atom. The molecule has 1 fully saturated rings. The first kappa shape index (κ1) is 13.6. The van der Waals surface area contributed by atoms with Crippen LogP contribution in [0.25, 0.3) is 0 Å². The summed E-state index contributed by atoms with van der Waals surface area (Å²) in [4.78, 5) is 6.43. The van der Waals surface area contributed by atoms with E-state index < -0.39 is 0 Å². The Bertz CT molecular complexity index is 476. The molecule has 1 unspecified atom stereocenters. The van der Waals surface area contributed by atoms with Crippen molar-refractivity contribution in [1.29, 1.82) is 0 Å². The number of aromatic nitrogens is 1. The molecule has 1 aromatic rings. The first-order valence-corrected chi connectivity index (χ1v) is 6.50. The number of amidine groups is 1. The summed E-state index contributed by atoms with van der Waals surface area (Å²) in [5.74, 6) is 0.747. The van der Waals surface area contributed by atoms with E-state index in [1.54, 1.807) is 6.20 Å². The van der Waals surface area contributed by atoms with Gasteiger partial charge in [-0.1, -0.05) is 5.16 Å². The first-order valence-electron chi connectivity index (χ1n) is 6.50. The molecule has 104 valence electrons. The quantitative estimate of drug-likeness (QED) is 0.325. The smallest absolute Gasteiger partial charge is 0.174 e. The summed E-state index contributed by atoms with van der Waals surface area (Å²) < 4.78 is 0. The van der Waals surface area contributed by atoms with Gasteiger partial charge in [0, 0.05) is 12.7 Å². The van der Waals surface area contributed by atoms with Crippen molar-refractivity contribution >= 4 is 11.7 Å². The molecule has 6 heteroatoms. The standard InChI is InChI=1S/C13H20N4O2/c1-9-5-6-15-13(11(9)12(14)16-19)17-7-3-2-4-10(17)8-18/h5-6,10,18-19H,2-4,7-8H2,1H3,(H2,14,16). The van der Waals surface area contributed by atoms with Gasteiger partial charge in [0.2, 0.25) is 0 Å². The molecule has 1 saturated heterocycles. The van der Waals surface area contributed by atoms with Gasteiger partial charge in [-0.25, -0.2) is 4.98 Å². The SMILES string of the molecule is Cc1ccnc(N2CCCCC2CO)c1/C(N)=N/O. The molecular weight excluding hydrogens is 244 g/mol. The van der Waals surface area contributed by atoms with Gasteiger partial charge in [0.15, 0.2) is 5.84 Å². The minimum Gasteiger partial charge on any atom is -0.409 e. The van der Waals surface area contributed by atoms with Crippen molar-refractivity contribution in [3.8, 4) is 0 Å². The highest BCUT2D eigenvalue weighted by molar-refractivity contribution is 6.02. The average Bonchev–Trinajstić information content (AvgIpc) is 2.46. The molecule has 0 spiro atoms. The molecule has 6 nitrogen and oxygen atoms in total. The second kappa shape index (κ2) is 5.88. The fourth-order valence-corrected chi connectivity index (χ4v) is 2.60. The van der Waals surface area contributed by atoms with E-state index in [9.17, 15) is 5.11 Å². The molecule has 0 bridgehead atoms. The van der Waals surface area contributed by atoms with Gasteiger partial charge in [0.1, 0.15) is 5.82 Å². The summed E-state index contributed by atoms with van der Waals surface area (Å²) in [6, 6.07) is 1.88. The molecule has 2 rings (SSSR count). The van der Waals surface area contributed by atoms with Crippen LogP contribution in [0.15, 0.2) is 17.4 Å². The lowest BCUT2D eigenvalue weighted by Gasteiger charge is -2.36. The summed E-state index contributed by atoms with van der Waals surface area (Å²) in [5.41, 5.74) is 7.31. The molecule has 1 aromatic heterocycles. The van der Waals surface area contributed by atoms with Gasteiger partial charge < -0.3 is 20.9 Å². The van der Waals surface area contributed by atoms with Crippen LogP contribution in [0.2, 0.25) is 0 Å². The van der Waals surface area contributed by atoms with Gasteiger partial charge in [0.25, 0.3) is 0 Å². The summed E-state index contributed by atoms with van der Waals surface area (Å²) in [6.45, 7) is 2.81. The molecule has 0 aromatic carbocycles. The van der Waals surface area contributed by atoms with E-state index in [0.717, 1.165) is 31.4 Å². The van der Waals surface area contributed by atoms with E-state index in [4.69, 9.17) is 10.9 Å². The number of nitrogens with two attached hydrogens (primary N) is 1. The van der Waals surface area contributed by atoms with Crippen molar-refractivity contribution in [3.63, 3.8) is 0 Å². The van der Waals surface area contributed by atoms with E-state index in [1.165, 1.54) is 0 Å². The third-order valence-corrected chi connectivity index (χ3v) is 3.61. The maximum atomic E-state index is 9.50. The predicted molar refractivity (Wildman–Crippen MR) is 73.6 cm³/mol. The summed E-state index contributed by atoms with van der Waals surface area (Å²) >= 11 is 0. The Morgan fingerprint density at radius 1 is 1.58 bits per heavy atom. The average molecular weight is 264 g/mol. The normalized spacial score (nSPS) is 20.6. The fourth-order valence-electron chi connectivity index (χ4n) is 2.60. The highest BCUT2D eigenvalue weighted by atomic mass is 16.4.